The maximum Gasteiger partial charge on any atom is 0.306 e. The summed E-state index contributed by atoms with van der Waals surface area (Å²) in [6.07, 6.45) is 0.232. The Morgan fingerprint density at radius 1 is 1.19 bits per heavy atom. The number of ether oxygens (including phenoxy) is 2. The first kappa shape index (κ1) is 20.3. The molecular weight excluding hydrogens is 368 g/mol. The predicted molar refractivity (Wildman–Crippen MR) is 101 cm³/mol. The lowest BCUT2D eigenvalue weighted by molar-refractivity contribution is -0.144. The van der Waals surface area contributed by atoms with Gasteiger partial charge in [0.05, 0.1) is 31.1 Å². The van der Waals surface area contributed by atoms with Crippen LogP contribution in [0.15, 0.2) is 29.2 Å². The van der Waals surface area contributed by atoms with Crippen molar-refractivity contribution in [1.29, 1.82) is 0 Å². The number of benzene rings is 1. The summed E-state index contributed by atoms with van der Waals surface area (Å²) < 4.78 is 38.2. The summed E-state index contributed by atoms with van der Waals surface area (Å²) in [6, 6.07) is 6.90. The van der Waals surface area contributed by atoms with Gasteiger partial charge in [-0.1, -0.05) is 17.7 Å². The van der Waals surface area contributed by atoms with E-state index in [1.165, 1.54) is 4.31 Å². The van der Waals surface area contributed by atoms with E-state index in [9.17, 15) is 13.2 Å². The van der Waals surface area contributed by atoms with Crippen LogP contribution in [0.5, 0.6) is 0 Å². The maximum atomic E-state index is 13.1. The smallest absolute Gasteiger partial charge is 0.306 e. The number of carbonyl (C=O) groups excluding carboxylic acids is 1. The van der Waals surface area contributed by atoms with E-state index in [0.717, 1.165) is 18.7 Å². The summed E-state index contributed by atoms with van der Waals surface area (Å²) in [5, 5.41) is 0. The van der Waals surface area contributed by atoms with Gasteiger partial charge in [0.1, 0.15) is 0 Å². The second-order valence-electron chi connectivity index (χ2n) is 7.12. The van der Waals surface area contributed by atoms with Gasteiger partial charge >= 0.3 is 5.97 Å². The van der Waals surface area contributed by atoms with Crippen LogP contribution in [-0.4, -0.2) is 75.6 Å². The van der Waals surface area contributed by atoms with Crippen LogP contribution in [0, 0.1) is 12.8 Å². The van der Waals surface area contributed by atoms with E-state index >= 15 is 0 Å². The minimum atomic E-state index is -3.58. The number of sulfonamides is 1. The van der Waals surface area contributed by atoms with Crippen molar-refractivity contribution in [2.45, 2.75) is 31.2 Å². The molecule has 2 heterocycles. The number of aryl methyl sites for hydroxylation is 1. The highest BCUT2D eigenvalue weighted by atomic mass is 32.2. The molecule has 2 atom stereocenters. The average molecular weight is 397 g/mol. The number of hydrogen-bond donors (Lipinski definition) is 0. The highest BCUT2D eigenvalue weighted by molar-refractivity contribution is 7.89. The molecule has 0 aromatic heterocycles. The molecule has 0 radical (unpaired) electrons. The molecule has 1 aromatic rings. The highest BCUT2D eigenvalue weighted by Crippen LogP contribution is 2.30. The Hall–Kier alpha value is -1.48. The fourth-order valence-electron chi connectivity index (χ4n) is 3.83. The molecule has 3 rings (SSSR count). The lowest BCUT2D eigenvalue weighted by Gasteiger charge is -2.34. The third kappa shape index (κ3) is 4.68. The summed E-state index contributed by atoms with van der Waals surface area (Å²) >= 11 is 0. The summed E-state index contributed by atoms with van der Waals surface area (Å²) in [6.45, 7) is 7.53. The summed E-state index contributed by atoms with van der Waals surface area (Å²) in [7, 11) is -3.58. The number of nitrogens with zero attached hydrogens (tertiary/aromatic N) is 2. The lowest BCUT2D eigenvalue weighted by atomic mass is 9.98. The molecule has 27 heavy (non-hydrogen) atoms. The predicted octanol–water partition coefficient (Wildman–Crippen LogP) is 1.27. The van der Waals surface area contributed by atoms with Gasteiger partial charge in [0.2, 0.25) is 10.0 Å². The summed E-state index contributed by atoms with van der Waals surface area (Å²) in [5.74, 6) is -0.349. The van der Waals surface area contributed by atoms with E-state index < -0.39 is 10.0 Å². The van der Waals surface area contributed by atoms with Crippen molar-refractivity contribution in [3.05, 3.63) is 29.8 Å². The summed E-state index contributed by atoms with van der Waals surface area (Å²) in [4.78, 5) is 14.6. The van der Waals surface area contributed by atoms with Gasteiger partial charge in [0.15, 0.2) is 0 Å². The monoisotopic (exact) mass is 396 g/mol. The fraction of sp³-hybridized carbons (Fsp3) is 0.632. The van der Waals surface area contributed by atoms with E-state index in [1.54, 1.807) is 31.2 Å². The van der Waals surface area contributed by atoms with Crippen molar-refractivity contribution in [2.75, 3.05) is 46.0 Å². The number of morpholine rings is 1. The Kier molecular flexibility index (Phi) is 6.52. The third-order valence-corrected chi connectivity index (χ3v) is 7.13. The van der Waals surface area contributed by atoms with E-state index in [1.807, 2.05) is 6.92 Å². The topological polar surface area (TPSA) is 76.2 Å². The van der Waals surface area contributed by atoms with E-state index in [4.69, 9.17) is 9.47 Å². The Bertz CT molecular complexity index is 744. The standard InChI is InChI=1S/C19H28N2O5S/c1-3-26-19(22)12-16-13-21(14-18(16)20-8-10-25-11-9-20)27(23,24)17-6-4-15(2)5-7-17/h4-7,16,18H,3,8-14H2,1-2H3. The second kappa shape index (κ2) is 8.68. The highest BCUT2D eigenvalue weighted by Gasteiger charge is 2.43. The molecule has 7 nitrogen and oxygen atoms in total. The van der Waals surface area contributed by atoms with Crippen LogP contribution in [0.3, 0.4) is 0 Å². The molecule has 0 bridgehead atoms. The van der Waals surface area contributed by atoms with E-state index in [-0.39, 0.29) is 24.3 Å². The zero-order valence-electron chi connectivity index (χ0n) is 16.0. The fourth-order valence-corrected chi connectivity index (χ4v) is 5.34. The molecule has 2 aliphatic rings. The van der Waals surface area contributed by atoms with Crippen molar-refractivity contribution in [2.24, 2.45) is 5.92 Å². The number of rotatable bonds is 6. The molecule has 150 valence electrons. The largest absolute Gasteiger partial charge is 0.466 e. The summed E-state index contributed by atoms with van der Waals surface area (Å²) in [5.41, 5.74) is 1.02. The molecule has 2 aliphatic heterocycles. The Labute approximate surface area is 161 Å². The van der Waals surface area contributed by atoms with Gasteiger partial charge in [-0.15, -0.1) is 0 Å². The van der Waals surface area contributed by atoms with Gasteiger partial charge < -0.3 is 9.47 Å². The van der Waals surface area contributed by atoms with Crippen molar-refractivity contribution in [3.8, 4) is 0 Å². The first-order valence-corrected chi connectivity index (χ1v) is 10.9. The third-order valence-electron chi connectivity index (χ3n) is 5.28. The van der Waals surface area contributed by atoms with Crippen molar-refractivity contribution in [3.63, 3.8) is 0 Å². The Balaban J connectivity index is 1.80. The molecule has 0 N–H and O–H groups in total. The van der Waals surface area contributed by atoms with Crippen molar-refractivity contribution >= 4 is 16.0 Å². The van der Waals surface area contributed by atoms with Gasteiger partial charge in [0, 0.05) is 32.2 Å². The van der Waals surface area contributed by atoms with Crippen molar-refractivity contribution < 1.29 is 22.7 Å². The zero-order chi connectivity index (χ0) is 19.4. The molecule has 0 amide bonds. The molecule has 2 unspecified atom stereocenters. The van der Waals surface area contributed by atoms with Gasteiger partial charge in [-0.2, -0.15) is 4.31 Å². The minimum absolute atomic E-state index is 0.00136. The van der Waals surface area contributed by atoms with Crippen molar-refractivity contribution in [1.82, 2.24) is 9.21 Å². The maximum absolute atomic E-state index is 13.1. The van der Waals surface area contributed by atoms with Crippen LogP contribution in [0.2, 0.25) is 0 Å². The normalized spacial score (nSPS) is 24.8. The average Bonchev–Trinajstić information content (AvgIpc) is 3.07. The molecule has 0 saturated carbocycles. The number of hydrogen-bond acceptors (Lipinski definition) is 6. The second-order valence-corrected chi connectivity index (χ2v) is 9.06. The molecule has 8 heteroatoms. The van der Waals surface area contributed by atoms with Crippen LogP contribution >= 0.6 is 0 Å². The van der Waals surface area contributed by atoms with Gasteiger partial charge in [0.25, 0.3) is 0 Å². The van der Waals surface area contributed by atoms with Crippen LogP contribution in [0.1, 0.15) is 18.9 Å². The first-order valence-electron chi connectivity index (χ1n) is 9.46. The van der Waals surface area contributed by atoms with Gasteiger partial charge in [-0.25, -0.2) is 8.42 Å². The Morgan fingerprint density at radius 2 is 1.85 bits per heavy atom. The SMILES string of the molecule is CCOC(=O)CC1CN(S(=O)(=O)c2ccc(C)cc2)CC1N1CCOCC1. The van der Waals surface area contributed by atoms with Crippen LogP contribution in [0.25, 0.3) is 0 Å². The molecule has 0 aliphatic carbocycles. The molecule has 0 spiro atoms. The number of esters is 1. The van der Waals surface area contributed by atoms with E-state index in [2.05, 4.69) is 4.90 Å². The molecule has 2 saturated heterocycles. The van der Waals surface area contributed by atoms with Crippen LogP contribution < -0.4 is 0 Å². The Morgan fingerprint density at radius 3 is 2.48 bits per heavy atom. The lowest BCUT2D eigenvalue weighted by Crippen LogP contribution is -2.47. The van der Waals surface area contributed by atoms with Crippen LogP contribution in [-0.2, 0) is 24.3 Å². The minimum Gasteiger partial charge on any atom is -0.466 e. The number of carbonyl (C=O) groups is 1. The molecule has 1 aromatic carbocycles. The molecular formula is C19H28N2O5S. The zero-order valence-corrected chi connectivity index (χ0v) is 16.8. The first-order chi connectivity index (χ1) is 12.9. The molecule has 2 fully saturated rings. The van der Waals surface area contributed by atoms with E-state index in [0.29, 0.717) is 37.8 Å². The van der Waals surface area contributed by atoms with Crippen LogP contribution in [0.4, 0.5) is 0 Å². The van der Waals surface area contributed by atoms with Gasteiger partial charge in [-0.05, 0) is 31.9 Å². The van der Waals surface area contributed by atoms with Gasteiger partial charge in [-0.3, -0.25) is 9.69 Å². The quantitative estimate of drug-likeness (QED) is 0.674.